The summed E-state index contributed by atoms with van der Waals surface area (Å²) in [6.07, 6.45) is 7.19. The predicted octanol–water partition coefficient (Wildman–Crippen LogP) is 5.47. The Labute approximate surface area is 223 Å². The lowest BCUT2D eigenvalue weighted by atomic mass is 10.1. The van der Waals surface area contributed by atoms with E-state index in [-0.39, 0.29) is 23.8 Å². The first kappa shape index (κ1) is 24.3. The molecule has 1 aliphatic heterocycles. The number of anilines is 3. The highest BCUT2D eigenvalue weighted by molar-refractivity contribution is 7.14. The molecule has 8 nitrogen and oxygen atoms in total. The molecule has 2 amide bonds. The highest BCUT2D eigenvalue weighted by Gasteiger charge is 2.30. The lowest BCUT2D eigenvalue weighted by molar-refractivity contribution is -0.117. The van der Waals surface area contributed by atoms with Gasteiger partial charge in [-0.3, -0.25) is 14.9 Å². The Morgan fingerprint density at radius 1 is 1.08 bits per heavy atom. The summed E-state index contributed by atoms with van der Waals surface area (Å²) in [6.45, 7) is 1.28. The van der Waals surface area contributed by atoms with E-state index in [2.05, 4.69) is 20.5 Å². The van der Waals surface area contributed by atoms with Crippen molar-refractivity contribution >= 4 is 39.7 Å². The van der Waals surface area contributed by atoms with E-state index in [1.165, 1.54) is 23.6 Å². The first-order chi connectivity index (χ1) is 18.5. The van der Waals surface area contributed by atoms with Crippen molar-refractivity contribution in [1.29, 1.82) is 0 Å². The third-order valence-electron chi connectivity index (χ3n) is 6.96. The largest absolute Gasteiger partial charge is 0.363 e. The highest BCUT2D eigenvalue weighted by atomic mass is 32.1. The normalized spacial score (nSPS) is 17.0. The zero-order valence-electron chi connectivity index (χ0n) is 20.6. The smallest absolute Gasteiger partial charge is 0.274 e. The van der Waals surface area contributed by atoms with Crippen LogP contribution in [0.2, 0.25) is 0 Å². The fraction of sp³-hybridized carbons (Fsp3) is 0.286. The Bertz CT molecular complexity index is 1460. The number of carbonyl (C=O) groups excluding carboxylic acids is 2. The number of aromatic nitrogens is 3. The number of hydrogen-bond donors (Lipinski definition) is 2. The molecule has 4 aromatic rings. The van der Waals surface area contributed by atoms with Gasteiger partial charge in [-0.05, 0) is 79.8 Å². The Morgan fingerprint density at radius 2 is 1.92 bits per heavy atom. The molecule has 1 aliphatic carbocycles. The van der Waals surface area contributed by atoms with Gasteiger partial charge in [-0.1, -0.05) is 0 Å². The van der Waals surface area contributed by atoms with Crippen molar-refractivity contribution in [1.82, 2.24) is 14.5 Å². The first-order valence-electron chi connectivity index (χ1n) is 12.7. The number of thiazole rings is 1. The van der Waals surface area contributed by atoms with Gasteiger partial charge in [-0.15, -0.1) is 11.3 Å². The standard InChI is InChI=1S/C28H27FN6O2S/c29-25-15-18(11-12-30-25)16-34-13-1-4-24(34)27(37)33-28-32-22(17-38-28)23-3-2-14-35(23)21-9-7-20(8-10-21)31-26(36)19-5-6-19/h1,4,7-13,15,17,19,23H,2-3,5-6,14,16H2,(H,31,36)(H,32,33,37). The van der Waals surface area contributed by atoms with Crippen LogP contribution in [-0.4, -0.2) is 32.9 Å². The predicted molar refractivity (Wildman–Crippen MR) is 145 cm³/mol. The van der Waals surface area contributed by atoms with E-state index in [9.17, 15) is 14.0 Å². The van der Waals surface area contributed by atoms with Crippen LogP contribution in [0.1, 0.15) is 53.5 Å². The number of benzene rings is 1. The molecule has 1 atom stereocenters. The molecular weight excluding hydrogens is 503 g/mol. The number of hydrogen-bond acceptors (Lipinski definition) is 6. The van der Waals surface area contributed by atoms with E-state index < -0.39 is 5.95 Å². The van der Waals surface area contributed by atoms with Gasteiger partial charge in [0.25, 0.3) is 5.91 Å². The van der Waals surface area contributed by atoms with Crippen molar-refractivity contribution in [3.63, 3.8) is 0 Å². The van der Waals surface area contributed by atoms with Gasteiger partial charge in [-0.25, -0.2) is 9.97 Å². The molecule has 4 heterocycles. The topological polar surface area (TPSA) is 92.2 Å². The highest BCUT2D eigenvalue weighted by Crippen LogP contribution is 2.38. The van der Waals surface area contributed by atoms with Crippen LogP contribution in [0.3, 0.4) is 0 Å². The number of pyridine rings is 1. The fourth-order valence-electron chi connectivity index (χ4n) is 4.86. The summed E-state index contributed by atoms with van der Waals surface area (Å²) in [5, 5.41) is 8.45. The summed E-state index contributed by atoms with van der Waals surface area (Å²) in [4.78, 5) is 35.7. The van der Waals surface area contributed by atoms with Crippen molar-refractivity contribution in [3.05, 3.63) is 89.2 Å². The lowest BCUT2D eigenvalue weighted by Gasteiger charge is -2.26. The van der Waals surface area contributed by atoms with Crippen LogP contribution in [0.15, 0.2) is 66.3 Å². The van der Waals surface area contributed by atoms with Gasteiger partial charge >= 0.3 is 0 Å². The maximum absolute atomic E-state index is 13.5. The van der Waals surface area contributed by atoms with Gasteiger partial charge in [0, 0.05) is 48.2 Å². The van der Waals surface area contributed by atoms with Gasteiger partial charge in [0.1, 0.15) is 5.69 Å². The molecule has 1 aromatic carbocycles. The summed E-state index contributed by atoms with van der Waals surface area (Å²) in [6, 6.07) is 14.7. The van der Waals surface area contributed by atoms with E-state index in [0.29, 0.717) is 17.4 Å². The van der Waals surface area contributed by atoms with Crippen LogP contribution in [0, 0.1) is 11.9 Å². The average molecular weight is 531 g/mol. The summed E-state index contributed by atoms with van der Waals surface area (Å²) >= 11 is 1.40. The maximum atomic E-state index is 13.5. The quantitative estimate of drug-likeness (QED) is 0.295. The molecule has 3 aromatic heterocycles. The lowest BCUT2D eigenvalue weighted by Crippen LogP contribution is -2.23. The Balaban J connectivity index is 1.11. The van der Waals surface area contributed by atoms with Crippen molar-refractivity contribution in [2.45, 2.75) is 38.3 Å². The second kappa shape index (κ2) is 10.4. The minimum atomic E-state index is -0.548. The van der Waals surface area contributed by atoms with Crippen LogP contribution in [0.25, 0.3) is 0 Å². The second-order valence-electron chi connectivity index (χ2n) is 9.70. The molecule has 0 radical (unpaired) electrons. The maximum Gasteiger partial charge on any atom is 0.274 e. The zero-order valence-corrected chi connectivity index (χ0v) is 21.5. The molecule has 1 unspecified atom stereocenters. The van der Waals surface area contributed by atoms with Crippen LogP contribution in [0.4, 0.5) is 20.9 Å². The van der Waals surface area contributed by atoms with E-state index in [1.807, 2.05) is 29.6 Å². The number of amides is 2. The molecule has 0 bridgehead atoms. The van der Waals surface area contributed by atoms with Crippen molar-refractivity contribution in [3.8, 4) is 0 Å². The minimum absolute atomic E-state index is 0.104. The van der Waals surface area contributed by atoms with Crippen LogP contribution in [-0.2, 0) is 11.3 Å². The number of nitrogens with one attached hydrogen (secondary N) is 2. The molecule has 2 fully saturated rings. The molecule has 1 saturated carbocycles. The third-order valence-corrected chi connectivity index (χ3v) is 7.73. The van der Waals surface area contributed by atoms with Crippen LogP contribution >= 0.6 is 11.3 Å². The van der Waals surface area contributed by atoms with Gasteiger partial charge in [0.15, 0.2) is 5.13 Å². The summed E-state index contributed by atoms with van der Waals surface area (Å²) < 4.78 is 15.2. The molecule has 0 spiro atoms. The number of carbonyl (C=O) groups is 2. The van der Waals surface area contributed by atoms with E-state index in [4.69, 9.17) is 4.98 Å². The first-order valence-corrected chi connectivity index (χ1v) is 13.6. The SMILES string of the molecule is O=C(Nc1nc(C2CCCN2c2ccc(NC(=O)C3CC3)cc2)cs1)c1cccn1Cc1ccnc(F)c1. The summed E-state index contributed by atoms with van der Waals surface area (Å²) in [7, 11) is 0. The molecule has 2 N–H and O–H groups in total. The molecule has 1 saturated heterocycles. The van der Waals surface area contributed by atoms with Crippen LogP contribution in [0.5, 0.6) is 0 Å². The van der Waals surface area contributed by atoms with E-state index >= 15 is 0 Å². The van der Waals surface area contributed by atoms with Gasteiger partial charge in [0.2, 0.25) is 11.9 Å². The molecule has 10 heteroatoms. The fourth-order valence-corrected chi connectivity index (χ4v) is 5.61. The molecule has 6 rings (SSSR count). The van der Waals surface area contributed by atoms with Gasteiger partial charge in [0.05, 0.1) is 11.7 Å². The second-order valence-corrected chi connectivity index (χ2v) is 10.6. The van der Waals surface area contributed by atoms with Gasteiger partial charge < -0.3 is 14.8 Å². The third kappa shape index (κ3) is 5.31. The Hall–Kier alpha value is -4.05. The zero-order chi connectivity index (χ0) is 26.1. The monoisotopic (exact) mass is 530 g/mol. The molecular formula is C28H27FN6O2S. The Morgan fingerprint density at radius 3 is 2.71 bits per heavy atom. The van der Waals surface area contributed by atoms with E-state index in [1.54, 1.807) is 29.0 Å². The summed E-state index contributed by atoms with van der Waals surface area (Å²) in [5.74, 6) is -0.537. The molecule has 2 aliphatic rings. The minimum Gasteiger partial charge on any atom is -0.363 e. The van der Waals surface area contributed by atoms with Crippen LogP contribution < -0.4 is 15.5 Å². The number of halogens is 1. The average Bonchev–Trinajstić information content (AvgIpc) is 3.25. The van der Waals surface area contributed by atoms with Gasteiger partial charge in [-0.2, -0.15) is 4.39 Å². The molecule has 38 heavy (non-hydrogen) atoms. The molecule has 194 valence electrons. The van der Waals surface area contributed by atoms with E-state index in [0.717, 1.165) is 54.9 Å². The number of rotatable bonds is 8. The Kier molecular flexibility index (Phi) is 6.63. The summed E-state index contributed by atoms with van der Waals surface area (Å²) in [5.41, 5.74) is 4.02. The van der Waals surface area contributed by atoms with Crippen molar-refractivity contribution < 1.29 is 14.0 Å². The van der Waals surface area contributed by atoms with Crippen molar-refractivity contribution in [2.75, 3.05) is 22.1 Å². The van der Waals surface area contributed by atoms with Crippen molar-refractivity contribution in [2.24, 2.45) is 5.92 Å². The number of nitrogens with zero attached hydrogens (tertiary/aromatic N) is 4.